The van der Waals surface area contributed by atoms with Gasteiger partial charge in [0.15, 0.2) is 5.76 Å². The Morgan fingerprint density at radius 2 is 1.91 bits per heavy atom. The molecule has 0 unspecified atom stereocenters. The molecule has 2 aromatic rings. The summed E-state index contributed by atoms with van der Waals surface area (Å²) in [6.07, 6.45) is 10.8. The molecule has 1 aromatic heterocycles. The Kier molecular flexibility index (Phi) is 16.0. The lowest BCUT2D eigenvalue weighted by Gasteiger charge is -1.99. The number of amides is 2. The minimum absolute atomic E-state index is 0.250. The molecule has 8 heteroatoms. The number of aryl methyl sites for hydroxylation is 2. The lowest BCUT2D eigenvalue weighted by Crippen LogP contribution is -2.20. The molecule has 0 spiro atoms. The molecule has 1 aliphatic carbocycles. The number of nitrogens with two attached hydrogens (primary N) is 2. The first-order valence-corrected chi connectivity index (χ1v) is 10.6. The van der Waals surface area contributed by atoms with Crippen LogP contribution in [0.5, 0.6) is 5.75 Å². The molecule has 6 N–H and O–H groups in total. The summed E-state index contributed by atoms with van der Waals surface area (Å²) in [4.78, 5) is 18.0. The molecular weight excluding hydrogens is 420 g/mol. The quantitative estimate of drug-likeness (QED) is 0.296. The highest BCUT2D eigenvalue weighted by Crippen LogP contribution is 2.26. The zero-order valence-corrected chi connectivity index (χ0v) is 19.7. The molecule has 1 aliphatic rings. The maximum absolute atomic E-state index is 9.51. The standard InChI is InChI=1S/C11H11NO2.C10H14.C3H8N2O.CH3NO/c1-7-3-4-9(6-10(7)13)11-5-8(2)12-14-11;1-3-4-7-10-8-5-6-9(10)2;4-1-2-5-3-6;2-1-3/h3-6,13H,1-2H3;3-4,7H,1,5-6,8H2,2H3;3H,1-2,4H2,(H,5,6);1H,(H2,2,3)/b;7-4-;;. The number of primary amides is 1. The summed E-state index contributed by atoms with van der Waals surface area (Å²) in [5.41, 5.74) is 14.8. The maximum Gasteiger partial charge on any atom is 0.207 e. The van der Waals surface area contributed by atoms with Crippen molar-refractivity contribution >= 4 is 12.8 Å². The summed E-state index contributed by atoms with van der Waals surface area (Å²) in [5.74, 6) is 0.953. The first-order chi connectivity index (χ1) is 15.8. The fourth-order valence-corrected chi connectivity index (χ4v) is 2.73. The number of aromatic hydroxyl groups is 1. The van der Waals surface area contributed by atoms with E-state index < -0.39 is 0 Å². The van der Waals surface area contributed by atoms with Crippen molar-refractivity contribution in [1.29, 1.82) is 0 Å². The van der Waals surface area contributed by atoms with Gasteiger partial charge in [-0.15, -0.1) is 0 Å². The van der Waals surface area contributed by atoms with Crippen LogP contribution in [-0.4, -0.2) is 36.2 Å². The predicted octanol–water partition coefficient (Wildman–Crippen LogP) is 3.69. The predicted molar refractivity (Wildman–Crippen MR) is 132 cm³/mol. The number of carbonyl (C=O) groups is 2. The van der Waals surface area contributed by atoms with Crippen LogP contribution in [0.15, 0.2) is 64.7 Å². The van der Waals surface area contributed by atoms with E-state index in [1.807, 2.05) is 44.2 Å². The number of phenols is 1. The fraction of sp³-hybridized carbons (Fsp3) is 0.320. The summed E-state index contributed by atoms with van der Waals surface area (Å²) >= 11 is 0. The second kappa shape index (κ2) is 18.0. The molecule has 0 fully saturated rings. The van der Waals surface area contributed by atoms with E-state index in [4.69, 9.17) is 15.1 Å². The highest BCUT2D eigenvalue weighted by molar-refractivity contribution is 5.60. The van der Waals surface area contributed by atoms with Gasteiger partial charge in [0.25, 0.3) is 0 Å². The largest absolute Gasteiger partial charge is 0.508 e. The summed E-state index contributed by atoms with van der Waals surface area (Å²) in [6.45, 7) is 10.7. The molecule has 180 valence electrons. The number of allylic oxidation sites excluding steroid dienone is 5. The zero-order chi connectivity index (χ0) is 25.1. The summed E-state index contributed by atoms with van der Waals surface area (Å²) < 4.78 is 5.08. The van der Waals surface area contributed by atoms with Gasteiger partial charge in [-0.2, -0.15) is 0 Å². The zero-order valence-electron chi connectivity index (χ0n) is 19.7. The molecule has 0 saturated carbocycles. The third kappa shape index (κ3) is 12.7. The molecule has 0 bridgehead atoms. The number of nitrogens with zero attached hydrogens (tertiary/aromatic N) is 1. The monoisotopic (exact) mass is 456 g/mol. The Morgan fingerprint density at radius 1 is 1.21 bits per heavy atom. The number of phenolic OH excluding ortho intramolecular Hbond substituents is 1. The Bertz CT molecular complexity index is 917. The fourth-order valence-electron chi connectivity index (χ4n) is 2.73. The second-order valence-electron chi connectivity index (χ2n) is 7.08. The molecule has 3 rings (SSSR count). The average Bonchev–Trinajstić information content (AvgIpc) is 3.42. The number of benzene rings is 1. The first-order valence-electron chi connectivity index (χ1n) is 10.6. The van der Waals surface area contributed by atoms with E-state index >= 15 is 0 Å². The van der Waals surface area contributed by atoms with Gasteiger partial charge in [-0.05, 0) is 57.2 Å². The molecule has 0 radical (unpaired) electrons. The summed E-state index contributed by atoms with van der Waals surface area (Å²) in [5, 5.41) is 15.7. The van der Waals surface area contributed by atoms with Crippen LogP contribution in [0.2, 0.25) is 0 Å². The topological polar surface area (TPSA) is 144 Å². The molecule has 0 aliphatic heterocycles. The molecular formula is C25H36N4O4. The van der Waals surface area contributed by atoms with Crippen LogP contribution in [-0.2, 0) is 9.59 Å². The second-order valence-corrected chi connectivity index (χ2v) is 7.08. The van der Waals surface area contributed by atoms with Crippen molar-refractivity contribution in [3.05, 3.63) is 71.5 Å². The van der Waals surface area contributed by atoms with Crippen LogP contribution in [0.25, 0.3) is 11.3 Å². The van der Waals surface area contributed by atoms with E-state index in [0.29, 0.717) is 25.3 Å². The van der Waals surface area contributed by atoms with Gasteiger partial charge in [-0.1, -0.05) is 47.7 Å². The molecule has 1 heterocycles. The van der Waals surface area contributed by atoms with Crippen molar-refractivity contribution in [2.75, 3.05) is 13.1 Å². The van der Waals surface area contributed by atoms with Crippen LogP contribution in [0.1, 0.15) is 37.4 Å². The molecule has 33 heavy (non-hydrogen) atoms. The summed E-state index contributed by atoms with van der Waals surface area (Å²) in [7, 11) is 0. The van der Waals surface area contributed by atoms with Crippen LogP contribution in [0.3, 0.4) is 0 Å². The number of rotatable bonds is 6. The molecule has 2 amide bonds. The van der Waals surface area contributed by atoms with Gasteiger partial charge in [0.05, 0.1) is 5.69 Å². The van der Waals surface area contributed by atoms with Crippen molar-refractivity contribution < 1.29 is 19.2 Å². The molecule has 0 saturated heterocycles. The van der Waals surface area contributed by atoms with Crippen LogP contribution in [0.4, 0.5) is 0 Å². The number of aromatic nitrogens is 1. The third-order valence-corrected chi connectivity index (χ3v) is 4.47. The minimum atomic E-state index is 0.250. The number of hydrogen-bond acceptors (Lipinski definition) is 6. The van der Waals surface area contributed by atoms with Gasteiger partial charge in [0.1, 0.15) is 5.75 Å². The lowest BCUT2D eigenvalue weighted by molar-refractivity contribution is -0.109. The van der Waals surface area contributed by atoms with Gasteiger partial charge in [-0.25, -0.2) is 0 Å². The summed E-state index contributed by atoms with van der Waals surface area (Å²) in [6, 6.07) is 7.26. The van der Waals surface area contributed by atoms with E-state index in [2.05, 4.69) is 35.8 Å². The van der Waals surface area contributed by atoms with Crippen molar-refractivity contribution in [3.63, 3.8) is 0 Å². The van der Waals surface area contributed by atoms with Gasteiger partial charge >= 0.3 is 0 Å². The number of carbonyl (C=O) groups excluding carboxylic acids is 2. The van der Waals surface area contributed by atoms with Crippen LogP contribution in [0, 0.1) is 13.8 Å². The van der Waals surface area contributed by atoms with Gasteiger partial charge in [0.2, 0.25) is 12.8 Å². The van der Waals surface area contributed by atoms with Gasteiger partial charge in [0, 0.05) is 24.7 Å². The van der Waals surface area contributed by atoms with E-state index in [9.17, 15) is 9.90 Å². The highest BCUT2D eigenvalue weighted by Gasteiger charge is 2.06. The van der Waals surface area contributed by atoms with Crippen molar-refractivity contribution in [2.24, 2.45) is 11.5 Å². The lowest BCUT2D eigenvalue weighted by atomic mass is 10.1. The van der Waals surface area contributed by atoms with E-state index in [0.717, 1.165) is 16.8 Å². The van der Waals surface area contributed by atoms with Crippen LogP contribution < -0.4 is 16.8 Å². The molecule has 8 nitrogen and oxygen atoms in total. The van der Waals surface area contributed by atoms with E-state index in [1.54, 1.807) is 11.6 Å². The Balaban J connectivity index is 0.000000472. The van der Waals surface area contributed by atoms with Gasteiger partial charge in [-0.3, -0.25) is 9.59 Å². The van der Waals surface area contributed by atoms with Crippen LogP contribution >= 0.6 is 0 Å². The normalized spacial score (nSPS) is 11.9. The highest BCUT2D eigenvalue weighted by atomic mass is 16.5. The smallest absolute Gasteiger partial charge is 0.207 e. The SMILES string of the molecule is C=C/C=C\C1=C(C)CCC1.Cc1cc(-c2ccc(C)c(O)c2)on1.NC=O.NCCNC=O. The molecule has 1 aromatic carbocycles. The third-order valence-electron chi connectivity index (χ3n) is 4.47. The average molecular weight is 457 g/mol. The molecule has 0 atom stereocenters. The first kappa shape index (κ1) is 29.4. The van der Waals surface area contributed by atoms with Crippen molar-refractivity contribution in [3.8, 4) is 17.1 Å². The van der Waals surface area contributed by atoms with E-state index in [1.165, 1.54) is 24.8 Å². The number of hydrogen-bond donors (Lipinski definition) is 4. The Morgan fingerprint density at radius 3 is 2.33 bits per heavy atom. The van der Waals surface area contributed by atoms with E-state index in [-0.39, 0.29) is 12.2 Å². The maximum atomic E-state index is 9.51. The minimum Gasteiger partial charge on any atom is -0.508 e. The Hall–Kier alpha value is -3.65. The number of nitrogens with one attached hydrogen (secondary N) is 1. The van der Waals surface area contributed by atoms with Crippen molar-refractivity contribution in [2.45, 2.75) is 40.0 Å². The van der Waals surface area contributed by atoms with Gasteiger partial charge < -0.3 is 26.4 Å². The Labute approximate surface area is 196 Å². The van der Waals surface area contributed by atoms with Crippen molar-refractivity contribution in [1.82, 2.24) is 10.5 Å².